The van der Waals surface area contributed by atoms with Crippen LogP contribution in [0.4, 0.5) is 0 Å². The smallest absolute Gasteiger partial charge is 0.326 e. The van der Waals surface area contributed by atoms with Crippen molar-refractivity contribution in [1.82, 2.24) is 69.1 Å². The third-order valence-electron chi connectivity index (χ3n) is 18.0. The summed E-state index contributed by atoms with van der Waals surface area (Å²) in [5.74, 6) is -23.0. The second-order valence-electron chi connectivity index (χ2n) is 27.5. The number of carboxylic acids is 1. The van der Waals surface area contributed by atoms with E-state index < -0.39 is 336 Å². The van der Waals surface area contributed by atoms with E-state index in [2.05, 4.69) is 99.4 Å². The molecular weight excluding hydrogens is 1640 g/mol. The van der Waals surface area contributed by atoms with E-state index in [0.717, 1.165) is 13.8 Å². The van der Waals surface area contributed by atoms with Gasteiger partial charge in [0.05, 0.1) is 64.2 Å². The highest BCUT2D eigenvalue weighted by atomic mass is 32.1. The molecule has 119 heavy (non-hydrogen) atoms. The number of hydrogen-bond donors (Lipinski definition) is 32. The molecule has 36 N–H and O–H groups in total. The van der Waals surface area contributed by atoms with Gasteiger partial charge in [-0.25, -0.2) is 4.79 Å². The molecular formula is C65H112N20O32S2. The Morgan fingerprint density at radius 1 is 0.471 bits per heavy atom. The van der Waals surface area contributed by atoms with Crippen molar-refractivity contribution < 1.29 is 157 Å². The van der Waals surface area contributed by atoms with E-state index in [1.165, 1.54) is 13.8 Å². The Kier molecular flexibility index (Phi) is 46.4. The van der Waals surface area contributed by atoms with Gasteiger partial charge >= 0.3 is 5.97 Å². The zero-order valence-electron chi connectivity index (χ0n) is 65.3. The average Bonchev–Trinajstić information content (AvgIpc) is 0.788. The lowest BCUT2D eigenvalue weighted by Crippen LogP contribution is -2.64. The number of thiol groups is 2. The molecule has 2 saturated heterocycles. The first-order chi connectivity index (χ1) is 55.7. The topological polar surface area (TPSA) is 875 Å². The molecule has 0 saturated carbocycles. The molecule has 16 amide bonds. The van der Waals surface area contributed by atoms with Gasteiger partial charge in [-0.2, -0.15) is 25.3 Å². The number of amides is 16. The van der Waals surface area contributed by atoms with Gasteiger partial charge in [0, 0.05) is 30.9 Å². The van der Waals surface area contributed by atoms with Crippen LogP contribution in [0.3, 0.4) is 0 Å². The Balaban J connectivity index is 2.42. The lowest BCUT2D eigenvalue weighted by atomic mass is 9.97. The first-order valence-electron chi connectivity index (χ1n) is 36.9. The standard InChI is InChI=1S/C65H112N20O32S2/c1-6-23(2)43(60(110)77-28(10-12-38(67)92)53(103)76-27(9-11-37(66)91)54(104)78-29(62(112)113)8-7-13-72-65(70)71)84-41(95)16-73-51(101)30(14-39(68)93)75-40(94)15-74-52(102)34(21-118)82-57(107)33(20-114-63-49(100)47(98)50(26(5)115-63)117-64-48(99)46(97)45(96)36(19-88)116-64)81-61(111)44(25(4)90)85-56(106)32(18-87)79-58(108)35(22-119)83-55(105)31(17-86)80-59(109)42(69)24(3)89/h23-36,42-50,63-64,86-90,96-100,118-119H,6-22,69H2,1-5H3,(H2,66,91)(H2,67,92)(H2,68,93)(H,73,101)(H,74,102)(H,75,94)(H,76,103)(H,77,110)(H,78,104)(H,79,108)(H,80,109)(H,81,111)(H,82,107)(H,83,105)(H,84,95)(H,85,106)(H,112,113)(H4,70,71,72)/t23-,24+,25+,26+,27-,28-,29-,30-,31-,32-,33-,34-,35-,36+,42-,43-,44-,45+,46-,47+,48+,49+,50-,63?,64?/m0/s1. The predicted molar refractivity (Wildman–Crippen MR) is 409 cm³/mol. The predicted octanol–water partition coefficient (Wildman–Crippen LogP) is -18.3. The number of rotatable bonds is 53. The molecule has 0 aliphatic carbocycles. The normalized spacial score (nSPS) is 22.7. The molecule has 2 aliphatic rings. The van der Waals surface area contributed by atoms with Crippen LogP contribution >= 0.6 is 25.3 Å². The van der Waals surface area contributed by atoms with Crippen LogP contribution in [-0.4, -0.2) is 366 Å². The minimum Gasteiger partial charge on any atom is -0.480 e. The highest BCUT2D eigenvalue weighted by Crippen LogP contribution is 2.30. The van der Waals surface area contributed by atoms with E-state index in [9.17, 15) is 138 Å². The Bertz CT molecular complexity index is 3500. The monoisotopic (exact) mass is 1750 g/mol. The van der Waals surface area contributed by atoms with Crippen molar-refractivity contribution in [3.63, 3.8) is 0 Å². The third-order valence-corrected chi connectivity index (χ3v) is 18.8. The number of hydrogen-bond acceptors (Lipinski definition) is 35. The molecule has 0 bridgehead atoms. The summed E-state index contributed by atoms with van der Waals surface area (Å²) in [5, 5.41) is 142. The van der Waals surface area contributed by atoms with E-state index in [1.807, 2.05) is 0 Å². The highest BCUT2D eigenvalue weighted by Gasteiger charge is 2.51. The van der Waals surface area contributed by atoms with Crippen molar-refractivity contribution in [2.45, 2.75) is 232 Å². The van der Waals surface area contributed by atoms with Crippen LogP contribution in [0.5, 0.6) is 0 Å². The van der Waals surface area contributed by atoms with E-state index in [1.54, 1.807) is 6.92 Å². The highest BCUT2D eigenvalue weighted by molar-refractivity contribution is 7.80. The Labute approximate surface area is 689 Å². The Morgan fingerprint density at radius 2 is 0.908 bits per heavy atom. The summed E-state index contributed by atoms with van der Waals surface area (Å²) in [6, 6.07) is -21.7. The minimum atomic E-state index is -2.19. The summed E-state index contributed by atoms with van der Waals surface area (Å²) in [5.41, 5.74) is 32.2. The van der Waals surface area contributed by atoms with Crippen molar-refractivity contribution >= 4 is 132 Å². The Morgan fingerprint density at radius 3 is 1.39 bits per heavy atom. The molecule has 2 rings (SSSR count). The SMILES string of the molecule is CC[C@H](C)[C@H](NC(=O)CNC(=O)[C@H](CC(N)=O)NC(=O)CNC(=O)[C@H](CS)NC(=O)[C@H](COC1O[C@H](C)[C@H](OC2O[C@H](CO)[C@@H](O)[C@H](O)[C@H]2O)[C@H](O)[C@H]1O)NC(=O)[C@@H](NC(=O)[C@H](CO)NC(=O)[C@H](CS)NC(=O)[C@H](CO)NC(=O)[C@@H](N)[C@@H](C)O)[C@@H](C)O)C(=O)N[C@@H](CCC(N)=O)C(=O)N[C@@H](CCC(N)=O)C(=O)N[C@@H](CCCN=C(N)N)C(=O)O. The lowest BCUT2D eigenvalue weighted by molar-refractivity contribution is -0.355. The molecule has 2 aliphatic heterocycles. The van der Waals surface area contributed by atoms with Gasteiger partial charge < -0.3 is 179 Å². The maximum absolute atomic E-state index is 14.4. The van der Waals surface area contributed by atoms with Gasteiger partial charge in [0.15, 0.2) is 18.5 Å². The van der Waals surface area contributed by atoms with Gasteiger partial charge in [0.1, 0.15) is 115 Å². The van der Waals surface area contributed by atoms with Crippen LogP contribution in [0.15, 0.2) is 4.99 Å². The fourth-order valence-electron chi connectivity index (χ4n) is 10.9. The largest absolute Gasteiger partial charge is 0.480 e. The van der Waals surface area contributed by atoms with Crippen LogP contribution in [0, 0.1) is 5.92 Å². The van der Waals surface area contributed by atoms with Crippen molar-refractivity contribution in [1.29, 1.82) is 0 Å². The van der Waals surface area contributed by atoms with Crippen molar-refractivity contribution in [3.8, 4) is 0 Å². The van der Waals surface area contributed by atoms with Gasteiger partial charge in [-0.1, -0.05) is 20.3 Å². The number of carbonyl (C=O) groups excluding carboxylic acids is 16. The van der Waals surface area contributed by atoms with Crippen LogP contribution in [0.25, 0.3) is 0 Å². The van der Waals surface area contributed by atoms with Crippen LogP contribution in [-0.2, 0) is 100 Å². The maximum atomic E-state index is 14.4. The summed E-state index contributed by atoms with van der Waals surface area (Å²) in [7, 11) is 0. The molecule has 0 aromatic carbocycles. The van der Waals surface area contributed by atoms with E-state index in [-0.39, 0.29) is 31.8 Å². The summed E-state index contributed by atoms with van der Waals surface area (Å²) >= 11 is 8.11. The quantitative estimate of drug-likeness (QED) is 0.0116. The summed E-state index contributed by atoms with van der Waals surface area (Å²) in [6.45, 7) is -0.100. The van der Waals surface area contributed by atoms with Gasteiger partial charge in [-0.05, 0) is 52.4 Å². The fraction of sp³-hybridized carbons (Fsp3) is 0.723. The summed E-state index contributed by atoms with van der Waals surface area (Å²) < 4.78 is 22.4. The van der Waals surface area contributed by atoms with Gasteiger partial charge in [-0.15, -0.1) is 0 Å². The first kappa shape index (κ1) is 105. The molecule has 676 valence electrons. The lowest BCUT2D eigenvalue weighted by Gasteiger charge is -2.45. The van der Waals surface area contributed by atoms with Gasteiger partial charge in [-0.3, -0.25) is 81.7 Å². The Hall–Kier alpha value is -9.64. The van der Waals surface area contributed by atoms with Crippen molar-refractivity contribution in [2.24, 2.45) is 45.3 Å². The van der Waals surface area contributed by atoms with E-state index in [0.29, 0.717) is 0 Å². The van der Waals surface area contributed by atoms with E-state index in [4.69, 9.17) is 53.3 Å². The van der Waals surface area contributed by atoms with E-state index >= 15 is 0 Å². The molecule has 52 nitrogen and oxygen atoms in total. The summed E-state index contributed by atoms with van der Waals surface area (Å²) in [4.78, 5) is 229. The zero-order chi connectivity index (χ0) is 90.6. The average molecular weight is 1750 g/mol. The minimum absolute atomic E-state index is 0.0238. The molecule has 0 radical (unpaired) electrons. The second-order valence-corrected chi connectivity index (χ2v) is 28.2. The zero-order valence-corrected chi connectivity index (χ0v) is 67.0. The first-order valence-corrected chi connectivity index (χ1v) is 38.1. The van der Waals surface area contributed by atoms with Crippen LogP contribution < -0.4 is 104 Å². The number of primary amides is 3. The molecule has 0 aromatic heterocycles. The molecule has 0 spiro atoms. The second kappa shape index (κ2) is 52.4. The number of aliphatic imine (C=N–C) groups is 1. The number of nitrogens with one attached hydrogen (secondary N) is 13. The van der Waals surface area contributed by atoms with Crippen LogP contribution in [0.1, 0.15) is 86.0 Å². The molecule has 2 unspecified atom stereocenters. The number of aliphatic carboxylic acids is 1. The molecule has 54 heteroatoms. The number of nitrogens with zero attached hydrogens (tertiary/aromatic N) is 1. The number of carboxylic acid groups (broad SMARTS) is 1. The molecule has 2 heterocycles. The number of ether oxygens (including phenoxy) is 4. The van der Waals surface area contributed by atoms with Crippen LogP contribution in [0.2, 0.25) is 0 Å². The maximum Gasteiger partial charge on any atom is 0.326 e. The number of nitrogens with two attached hydrogens (primary N) is 6. The number of aliphatic hydroxyl groups is 10. The van der Waals surface area contributed by atoms with Gasteiger partial charge in [0.25, 0.3) is 0 Å². The van der Waals surface area contributed by atoms with Crippen molar-refractivity contribution in [2.75, 3.05) is 57.6 Å². The number of carbonyl (C=O) groups is 17. The van der Waals surface area contributed by atoms with Crippen molar-refractivity contribution in [3.05, 3.63) is 0 Å². The number of aliphatic hydroxyl groups excluding tert-OH is 10. The number of guanidine groups is 1. The fourth-order valence-corrected chi connectivity index (χ4v) is 11.4. The van der Waals surface area contributed by atoms with Gasteiger partial charge in [0.2, 0.25) is 94.5 Å². The summed E-state index contributed by atoms with van der Waals surface area (Å²) in [6.07, 6.45) is -24.9. The molecule has 0 aromatic rings. The molecule has 25 atom stereocenters. The third kappa shape index (κ3) is 35.3. The molecule has 2 fully saturated rings.